The largest absolute Gasteiger partial charge is 0.352 e. The van der Waals surface area contributed by atoms with Gasteiger partial charge in [-0.1, -0.05) is 47.1 Å². The molecule has 0 aliphatic heterocycles. The number of aryl methyl sites for hydroxylation is 1. The second kappa shape index (κ2) is 10.0. The maximum Gasteiger partial charge on any atom is 0.251 e. The van der Waals surface area contributed by atoms with Gasteiger partial charge in [-0.15, -0.1) is 0 Å². The Morgan fingerprint density at radius 2 is 1.69 bits per heavy atom. The second-order valence-electron chi connectivity index (χ2n) is 6.61. The Hall–Kier alpha value is -2.93. The lowest BCUT2D eigenvalue weighted by Gasteiger charge is -2.10. The number of rotatable bonds is 8. The molecule has 7 heteroatoms. The SMILES string of the molecule is CCc1ccc(Cn2nccc2NC(=O)CCNC(=O)c2ccc(Br)cc2)cc1. The number of carbonyl (C=O) groups excluding carboxylic acids is 2. The van der Waals surface area contributed by atoms with Crippen molar-refractivity contribution in [2.75, 3.05) is 11.9 Å². The smallest absolute Gasteiger partial charge is 0.251 e. The highest BCUT2D eigenvalue weighted by atomic mass is 79.9. The van der Waals surface area contributed by atoms with E-state index in [1.165, 1.54) is 5.56 Å². The highest BCUT2D eigenvalue weighted by molar-refractivity contribution is 9.10. The van der Waals surface area contributed by atoms with Crippen LogP contribution in [0.25, 0.3) is 0 Å². The number of hydrogen-bond acceptors (Lipinski definition) is 3. The van der Waals surface area contributed by atoms with Crippen LogP contribution in [-0.4, -0.2) is 28.1 Å². The van der Waals surface area contributed by atoms with Gasteiger partial charge in [-0.05, 0) is 41.8 Å². The van der Waals surface area contributed by atoms with Gasteiger partial charge in [0.05, 0.1) is 12.7 Å². The van der Waals surface area contributed by atoms with Gasteiger partial charge in [0.15, 0.2) is 0 Å². The summed E-state index contributed by atoms with van der Waals surface area (Å²) in [5.41, 5.74) is 2.96. The molecule has 2 N–H and O–H groups in total. The van der Waals surface area contributed by atoms with E-state index in [9.17, 15) is 9.59 Å². The minimum Gasteiger partial charge on any atom is -0.352 e. The molecule has 6 nitrogen and oxygen atoms in total. The standard InChI is InChI=1S/C22H23BrN4O2/c1-2-16-3-5-17(6-4-16)15-27-20(11-14-25-27)26-21(28)12-13-24-22(29)18-7-9-19(23)10-8-18/h3-11,14H,2,12-13,15H2,1H3,(H,24,29)(H,26,28). The third kappa shape index (κ3) is 6.02. The molecule has 0 aliphatic rings. The van der Waals surface area contributed by atoms with Crippen molar-refractivity contribution in [2.45, 2.75) is 26.3 Å². The molecule has 0 aliphatic carbocycles. The summed E-state index contributed by atoms with van der Waals surface area (Å²) in [4.78, 5) is 24.3. The van der Waals surface area contributed by atoms with Crippen molar-refractivity contribution in [3.8, 4) is 0 Å². The Morgan fingerprint density at radius 3 is 2.38 bits per heavy atom. The molecule has 3 rings (SSSR count). The summed E-state index contributed by atoms with van der Waals surface area (Å²) < 4.78 is 2.66. The van der Waals surface area contributed by atoms with E-state index in [0.717, 1.165) is 16.5 Å². The lowest BCUT2D eigenvalue weighted by atomic mass is 10.1. The quantitative estimate of drug-likeness (QED) is 0.539. The van der Waals surface area contributed by atoms with E-state index >= 15 is 0 Å². The number of aromatic nitrogens is 2. The monoisotopic (exact) mass is 454 g/mol. The van der Waals surface area contributed by atoms with Gasteiger partial charge < -0.3 is 10.6 Å². The average molecular weight is 455 g/mol. The predicted molar refractivity (Wildman–Crippen MR) is 117 cm³/mol. The first-order valence-corrected chi connectivity index (χ1v) is 10.3. The van der Waals surface area contributed by atoms with Gasteiger partial charge in [0.1, 0.15) is 5.82 Å². The van der Waals surface area contributed by atoms with E-state index in [4.69, 9.17) is 0 Å². The summed E-state index contributed by atoms with van der Waals surface area (Å²) in [6.07, 6.45) is 2.84. The summed E-state index contributed by atoms with van der Waals surface area (Å²) in [6.45, 7) is 2.96. The van der Waals surface area contributed by atoms with Crippen LogP contribution in [0.15, 0.2) is 65.3 Å². The van der Waals surface area contributed by atoms with Gasteiger partial charge in [-0.3, -0.25) is 9.59 Å². The van der Waals surface area contributed by atoms with Crippen LogP contribution in [0.4, 0.5) is 5.82 Å². The minimum absolute atomic E-state index is 0.177. The third-order valence-corrected chi connectivity index (χ3v) is 5.02. The fourth-order valence-corrected chi connectivity index (χ4v) is 3.08. The maximum atomic E-state index is 12.3. The van der Waals surface area contributed by atoms with Crippen LogP contribution in [0.1, 0.15) is 34.8 Å². The van der Waals surface area contributed by atoms with Crippen LogP contribution >= 0.6 is 15.9 Å². The zero-order valence-electron chi connectivity index (χ0n) is 16.2. The molecule has 1 aromatic heterocycles. The molecule has 3 aromatic rings. The molecule has 0 radical (unpaired) electrons. The van der Waals surface area contributed by atoms with Crippen molar-refractivity contribution >= 4 is 33.6 Å². The number of carbonyl (C=O) groups is 2. The van der Waals surface area contributed by atoms with E-state index in [0.29, 0.717) is 17.9 Å². The van der Waals surface area contributed by atoms with E-state index < -0.39 is 0 Å². The van der Waals surface area contributed by atoms with Crippen LogP contribution in [0.5, 0.6) is 0 Å². The summed E-state index contributed by atoms with van der Waals surface area (Å²) in [6, 6.07) is 17.2. The summed E-state index contributed by atoms with van der Waals surface area (Å²) in [5.74, 6) is 0.254. The Bertz CT molecular complexity index is 965. The zero-order valence-corrected chi connectivity index (χ0v) is 17.8. The molecule has 0 bridgehead atoms. The van der Waals surface area contributed by atoms with Gasteiger partial charge in [0.2, 0.25) is 5.91 Å². The Labute approximate surface area is 178 Å². The molecular formula is C22H23BrN4O2. The fourth-order valence-electron chi connectivity index (χ4n) is 2.82. The number of nitrogens with zero attached hydrogens (tertiary/aromatic N) is 2. The molecule has 2 amide bonds. The van der Waals surface area contributed by atoms with Gasteiger partial charge in [0, 0.05) is 29.1 Å². The molecule has 150 valence electrons. The second-order valence-corrected chi connectivity index (χ2v) is 7.52. The average Bonchev–Trinajstić information content (AvgIpc) is 3.15. The molecule has 2 aromatic carbocycles. The van der Waals surface area contributed by atoms with Crippen molar-refractivity contribution in [3.63, 3.8) is 0 Å². The number of halogens is 1. The molecule has 0 saturated heterocycles. The van der Waals surface area contributed by atoms with E-state index in [-0.39, 0.29) is 24.8 Å². The predicted octanol–water partition coefficient (Wildman–Crippen LogP) is 4.01. The van der Waals surface area contributed by atoms with Crippen LogP contribution in [0.3, 0.4) is 0 Å². The Balaban J connectivity index is 1.49. The van der Waals surface area contributed by atoms with Gasteiger partial charge in [0.25, 0.3) is 5.91 Å². The topological polar surface area (TPSA) is 76.0 Å². The fraction of sp³-hybridized carbons (Fsp3) is 0.227. The van der Waals surface area contributed by atoms with E-state index in [1.54, 1.807) is 41.2 Å². The van der Waals surface area contributed by atoms with Gasteiger partial charge >= 0.3 is 0 Å². The normalized spacial score (nSPS) is 10.6. The number of hydrogen-bond donors (Lipinski definition) is 2. The highest BCUT2D eigenvalue weighted by Crippen LogP contribution is 2.12. The number of nitrogens with one attached hydrogen (secondary N) is 2. The molecule has 0 saturated carbocycles. The molecule has 0 spiro atoms. The van der Waals surface area contributed by atoms with Crippen molar-refractivity contribution in [3.05, 3.63) is 82.0 Å². The highest BCUT2D eigenvalue weighted by Gasteiger charge is 2.10. The summed E-state index contributed by atoms with van der Waals surface area (Å²) in [5, 5.41) is 9.91. The number of amides is 2. The summed E-state index contributed by atoms with van der Waals surface area (Å²) >= 11 is 3.34. The molecule has 0 unspecified atom stereocenters. The first-order chi connectivity index (χ1) is 14.0. The van der Waals surface area contributed by atoms with Crippen LogP contribution in [0.2, 0.25) is 0 Å². The number of anilines is 1. The Kier molecular flexibility index (Phi) is 7.19. The maximum absolute atomic E-state index is 12.3. The molecule has 29 heavy (non-hydrogen) atoms. The first-order valence-electron chi connectivity index (χ1n) is 9.48. The van der Waals surface area contributed by atoms with Crippen LogP contribution in [0, 0.1) is 0 Å². The minimum atomic E-state index is -0.203. The lowest BCUT2D eigenvalue weighted by molar-refractivity contribution is -0.116. The van der Waals surface area contributed by atoms with Gasteiger partial charge in [-0.25, -0.2) is 4.68 Å². The van der Waals surface area contributed by atoms with Crippen LogP contribution < -0.4 is 10.6 Å². The molecule has 0 atom stereocenters. The van der Waals surface area contributed by atoms with E-state index in [2.05, 4.69) is 62.9 Å². The Morgan fingerprint density at radius 1 is 1.00 bits per heavy atom. The number of benzene rings is 2. The van der Waals surface area contributed by atoms with Crippen LogP contribution in [-0.2, 0) is 17.8 Å². The van der Waals surface area contributed by atoms with Crippen molar-refractivity contribution in [2.24, 2.45) is 0 Å². The van der Waals surface area contributed by atoms with Crippen molar-refractivity contribution in [1.29, 1.82) is 0 Å². The third-order valence-electron chi connectivity index (χ3n) is 4.49. The summed E-state index contributed by atoms with van der Waals surface area (Å²) in [7, 11) is 0. The molecular weight excluding hydrogens is 432 g/mol. The zero-order chi connectivity index (χ0) is 20.6. The van der Waals surface area contributed by atoms with Crippen molar-refractivity contribution in [1.82, 2.24) is 15.1 Å². The van der Waals surface area contributed by atoms with E-state index in [1.807, 2.05) is 0 Å². The molecule has 1 heterocycles. The molecule has 0 fully saturated rings. The first kappa shape index (κ1) is 20.8. The van der Waals surface area contributed by atoms with Gasteiger partial charge in [-0.2, -0.15) is 5.10 Å². The van der Waals surface area contributed by atoms with Crippen molar-refractivity contribution < 1.29 is 9.59 Å². The lowest BCUT2D eigenvalue weighted by Crippen LogP contribution is -2.28.